The summed E-state index contributed by atoms with van der Waals surface area (Å²) in [6.45, 7) is 9.45. The summed E-state index contributed by atoms with van der Waals surface area (Å²) >= 11 is 0. The maximum atomic E-state index is 13.6. The molecule has 3 heterocycles. The second kappa shape index (κ2) is 10.1. The summed E-state index contributed by atoms with van der Waals surface area (Å²) in [5.41, 5.74) is 0.313. The molecular formula is C26H34N2O6. The molecule has 0 spiro atoms. The number of fused-ring (bicyclic) bond motifs is 1. The average Bonchev–Trinajstić information content (AvgIpc) is 3.53. The monoisotopic (exact) mass is 470 g/mol. The van der Waals surface area contributed by atoms with Crippen LogP contribution in [-0.4, -0.2) is 54.2 Å². The van der Waals surface area contributed by atoms with Gasteiger partial charge in [0.2, 0.25) is 18.6 Å². The largest absolute Gasteiger partial charge is 0.464 e. The van der Waals surface area contributed by atoms with E-state index in [9.17, 15) is 9.59 Å². The molecule has 8 nitrogen and oxygen atoms in total. The number of hydrogen-bond donors (Lipinski definition) is 0. The molecule has 2 aromatic rings. The highest BCUT2D eigenvalue weighted by molar-refractivity contribution is 5.87. The molecule has 4 rings (SSSR count). The van der Waals surface area contributed by atoms with Crippen LogP contribution in [0.4, 0.5) is 0 Å². The fraction of sp³-hybridized carbons (Fsp3) is 0.538. The van der Waals surface area contributed by atoms with Gasteiger partial charge in [0.25, 0.3) is 0 Å². The number of rotatable bonds is 8. The summed E-state index contributed by atoms with van der Waals surface area (Å²) in [5.74, 6) is 2.63. The van der Waals surface area contributed by atoms with E-state index in [4.69, 9.17) is 18.6 Å². The zero-order chi connectivity index (χ0) is 24.3. The molecule has 1 saturated heterocycles. The fourth-order valence-electron chi connectivity index (χ4n) is 4.24. The molecule has 34 heavy (non-hydrogen) atoms. The third kappa shape index (κ3) is 5.91. The minimum Gasteiger partial charge on any atom is -0.464 e. The highest BCUT2D eigenvalue weighted by Crippen LogP contribution is 2.33. The van der Waals surface area contributed by atoms with Crippen LogP contribution in [0.15, 0.2) is 34.7 Å². The lowest BCUT2D eigenvalue weighted by Gasteiger charge is -2.32. The summed E-state index contributed by atoms with van der Waals surface area (Å²) in [6.07, 6.45) is 1.84. The molecule has 1 atom stereocenters. The Morgan fingerprint density at radius 3 is 2.50 bits per heavy atom. The van der Waals surface area contributed by atoms with Crippen LogP contribution in [0.25, 0.3) is 0 Å². The summed E-state index contributed by atoms with van der Waals surface area (Å²) in [4.78, 5) is 30.2. The fourth-order valence-corrected chi connectivity index (χ4v) is 4.24. The number of aryl methyl sites for hydroxylation is 1. The Morgan fingerprint density at radius 2 is 1.82 bits per heavy atom. The number of benzene rings is 1. The number of ether oxygens (including phenoxy) is 3. The second-order valence-corrected chi connectivity index (χ2v) is 10.0. The SMILES string of the molecule is Cc1ccc(CN(Cc2ccc3c(c2)OCO3)C(=O)CN(CC2CCCO2)C(=O)C(C)(C)C)o1. The van der Waals surface area contributed by atoms with Gasteiger partial charge in [-0.15, -0.1) is 0 Å². The molecule has 1 aromatic heterocycles. The van der Waals surface area contributed by atoms with Crippen molar-refractivity contribution in [3.05, 3.63) is 47.4 Å². The molecule has 0 saturated carbocycles. The van der Waals surface area contributed by atoms with Crippen LogP contribution in [0.5, 0.6) is 11.5 Å². The molecule has 8 heteroatoms. The zero-order valence-corrected chi connectivity index (χ0v) is 20.5. The smallest absolute Gasteiger partial charge is 0.242 e. The molecule has 0 bridgehead atoms. The van der Waals surface area contributed by atoms with Crippen molar-refractivity contribution >= 4 is 11.8 Å². The Balaban J connectivity index is 1.54. The van der Waals surface area contributed by atoms with Gasteiger partial charge in [-0.3, -0.25) is 9.59 Å². The normalized spacial score (nSPS) is 17.1. The second-order valence-electron chi connectivity index (χ2n) is 10.0. The van der Waals surface area contributed by atoms with Gasteiger partial charge in [0.1, 0.15) is 11.5 Å². The van der Waals surface area contributed by atoms with Crippen molar-refractivity contribution in [3.8, 4) is 11.5 Å². The highest BCUT2D eigenvalue weighted by Gasteiger charge is 2.32. The van der Waals surface area contributed by atoms with E-state index in [0.29, 0.717) is 43.5 Å². The molecule has 0 radical (unpaired) electrons. The first-order chi connectivity index (χ1) is 16.2. The van der Waals surface area contributed by atoms with Crippen LogP contribution in [0.1, 0.15) is 50.7 Å². The summed E-state index contributed by atoms with van der Waals surface area (Å²) in [5, 5.41) is 0. The maximum Gasteiger partial charge on any atom is 0.242 e. The minimum absolute atomic E-state index is 0.0137. The number of carbonyl (C=O) groups is 2. The van der Waals surface area contributed by atoms with Crippen LogP contribution in [-0.2, 0) is 27.4 Å². The Kier molecular flexibility index (Phi) is 7.16. The van der Waals surface area contributed by atoms with Crippen molar-refractivity contribution < 1.29 is 28.2 Å². The van der Waals surface area contributed by atoms with E-state index in [1.807, 2.05) is 58.0 Å². The van der Waals surface area contributed by atoms with E-state index in [0.717, 1.165) is 24.2 Å². The van der Waals surface area contributed by atoms with Crippen molar-refractivity contribution in [2.24, 2.45) is 5.41 Å². The lowest BCUT2D eigenvalue weighted by molar-refractivity contribution is -0.147. The Morgan fingerprint density at radius 1 is 1.03 bits per heavy atom. The van der Waals surface area contributed by atoms with Crippen molar-refractivity contribution in [1.29, 1.82) is 0 Å². The molecular weight excluding hydrogens is 436 g/mol. The summed E-state index contributed by atoms with van der Waals surface area (Å²) in [7, 11) is 0. The lowest BCUT2D eigenvalue weighted by Crippen LogP contribution is -2.48. The lowest BCUT2D eigenvalue weighted by atomic mass is 9.94. The topological polar surface area (TPSA) is 81.5 Å². The number of amides is 2. The van der Waals surface area contributed by atoms with E-state index in [2.05, 4.69) is 0 Å². The first-order valence-corrected chi connectivity index (χ1v) is 11.8. The molecule has 2 amide bonds. The molecule has 0 aliphatic carbocycles. The third-order valence-electron chi connectivity index (χ3n) is 6.01. The standard InChI is InChI=1S/C26H34N2O6/c1-18-7-9-21(34-18)15-27(13-19-8-10-22-23(12-19)33-17-32-22)24(29)16-28(25(30)26(2,3)4)14-20-6-5-11-31-20/h7-10,12,20H,5-6,11,13-17H2,1-4H3. The van der Waals surface area contributed by atoms with E-state index in [1.165, 1.54) is 0 Å². The van der Waals surface area contributed by atoms with Gasteiger partial charge in [0.05, 0.1) is 19.2 Å². The third-order valence-corrected chi connectivity index (χ3v) is 6.01. The minimum atomic E-state index is -0.598. The highest BCUT2D eigenvalue weighted by atomic mass is 16.7. The Hall–Kier alpha value is -3.00. The number of hydrogen-bond acceptors (Lipinski definition) is 6. The average molecular weight is 471 g/mol. The first kappa shape index (κ1) is 24.1. The Bertz CT molecular complexity index is 1020. The van der Waals surface area contributed by atoms with Gasteiger partial charge in [0, 0.05) is 25.1 Å². The first-order valence-electron chi connectivity index (χ1n) is 11.8. The van der Waals surface area contributed by atoms with E-state index < -0.39 is 5.41 Å². The van der Waals surface area contributed by atoms with Gasteiger partial charge in [-0.05, 0) is 49.6 Å². The number of furan rings is 1. The summed E-state index contributed by atoms with van der Waals surface area (Å²) < 4.78 is 22.4. The van der Waals surface area contributed by atoms with Crippen molar-refractivity contribution in [1.82, 2.24) is 9.80 Å². The molecule has 2 aliphatic heterocycles. The van der Waals surface area contributed by atoms with Gasteiger partial charge < -0.3 is 28.4 Å². The van der Waals surface area contributed by atoms with Gasteiger partial charge in [-0.2, -0.15) is 0 Å². The van der Waals surface area contributed by atoms with Crippen molar-refractivity contribution in [3.63, 3.8) is 0 Å². The van der Waals surface area contributed by atoms with Gasteiger partial charge in [0.15, 0.2) is 11.5 Å². The Labute approximate surface area is 200 Å². The van der Waals surface area contributed by atoms with Crippen LogP contribution in [0.2, 0.25) is 0 Å². The molecule has 1 unspecified atom stereocenters. The molecule has 0 N–H and O–H groups in total. The van der Waals surface area contributed by atoms with E-state index in [-0.39, 0.29) is 31.3 Å². The van der Waals surface area contributed by atoms with E-state index >= 15 is 0 Å². The van der Waals surface area contributed by atoms with Gasteiger partial charge in [-0.1, -0.05) is 26.8 Å². The molecule has 2 aliphatic rings. The molecule has 1 aromatic carbocycles. The van der Waals surface area contributed by atoms with Crippen LogP contribution in [0, 0.1) is 12.3 Å². The summed E-state index contributed by atoms with van der Waals surface area (Å²) in [6, 6.07) is 9.42. The predicted molar refractivity (Wildman–Crippen MR) is 125 cm³/mol. The zero-order valence-electron chi connectivity index (χ0n) is 20.5. The quantitative estimate of drug-likeness (QED) is 0.582. The van der Waals surface area contributed by atoms with Crippen LogP contribution < -0.4 is 9.47 Å². The van der Waals surface area contributed by atoms with Crippen molar-refractivity contribution in [2.45, 2.75) is 59.7 Å². The van der Waals surface area contributed by atoms with Gasteiger partial charge in [-0.25, -0.2) is 0 Å². The van der Waals surface area contributed by atoms with E-state index in [1.54, 1.807) is 9.80 Å². The molecule has 1 fully saturated rings. The predicted octanol–water partition coefficient (Wildman–Crippen LogP) is 3.90. The number of carbonyl (C=O) groups excluding carboxylic acids is 2. The molecule has 184 valence electrons. The van der Waals surface area contributed by atoms with Crippen molar-refractivity contribution in [2.75, 3.05) is 26.5 Å². The number of nitrogens with zero attached hydrogens (tertiary/aromatic N) is 2. The van der Waals surface area contributed by atoms with Gasteiger partial charge >= 0.3 is 0 Å². The van der Waals surface area contributed by atoms with Crippen LogP contribution in [0.3, 0.4) is 0 Å². The maximum absolute atomic E-state index is 13.6. The van der Waals surface area contributed by atoms with Crippen LogP contribution >= 0.6 is 0 Å².